The van der Waals surface area contributed by atoms with Gasteiger partial charge in [-0.05, 0) is 19.9 Å². The van der Waals surface area contributed by atoms with Crippen molar-refractivity contribution in [1.82, 2.24) is 20.2 Å². The van der Waals surface area contributed by atoms with Gasteiger partial charge in [-0.2, -0.15) is 13.2 Å². The fourth-order valence-corrected chi connectivity index (χ4v) is 2.86. The van der Waals surface area contributed by atoms with Crippen LogP contribution in [0.25, 0.3) is 0 Å². The van der Waals surface area contributed by atoms with Crippen LogP contribution in [0.3, 0.4) is 0 Å². The van der Waals surface area contributed by atoms with E-state index < -0.39 is 12.8 Å². The van der Waals surface area contributed by atoms with Crippen molar-refractivity contribution in [2.24, 2.45) is 4.99 Å². The molecular formula is C17H22F3N5OS. The molecule has 0 saturated carbocycles. The van der Waals surface area contributed by atoms with Crippen LogP contribution in [0.4, 0.5) is 13.2 Å². The molecule has 0 bridgehead atoms. The molecule has 6 nitrogen and oxygen atoms in total. The first kappa shape index (κ1) is 20.9. The van der Waals surface area contributed by atoms with Crippen molar-refractivity contribution < 1.29 is 17.9 Å². The molecular weight excluding hydrogens is 379 g/mol. The van der Waals surface area contributed by atoms with Crippen molar-refractivity contribution in [2.75, 3.05) is 20.2 Å². The van der Waals surface area contributed by atoms with Gasteiger partial charge in [0.05, 0.1) is 23.8 Å². The molecule has 10 heteroatoms. The Bertz CT molecular complexity index is 763. The highest BCUT2D eigenvalue weighted by Crippen LogP contribution is 2.20. The van der Waals surface area contributed by atoms with Gasteiger partial charge in [-0.15, -0.1) is 11.3 Å². The number of nitrogens with one attached hydrogen (secondary N) is 1. The summed E-state index contributed by atoms with van der Waals surface area (Å²) in [6.07, 6.45) is -3.03. The highest BCUT2D eigenvalue weighted by Gasteiger charge is 2.29. The van der Waals surface area contributed by atoms with Gasteiger partial charge in [0, 0.05) is 30.7 Å². The molecule has 0 fully saturated rings. The first-order chi connectivity index (χ1) is 12.8. The molecule has 0 spiro atoms. The largest absolute Gasteiger partial charge is 0.468 e. The minimum Gasteiger partial charge on any atom is -0.468 e. The topological polar surface area (TPSA) is 62.6 Å². The van der Waals surface area contributed by atoms with Gasteiger partial charge in [-0.25, -0.2) is 15.0 Å². The normalized spacial score (nSPS) is 12.1. The maximum atomic E-state index is 12.4. The Labute approximate surface area is 160 Å². The Kier molecular flexibility index (Phi) is 7.40. The van der Waals surface area contributed by atoms with Crippen LogP contribution < -0.4 is 10.1 Å². The average Bonchev–Trinajstić information content (AvgIpc) is 3.01. The molecule has 2 heterocycles. The Morgan fingerprint density at radius 2 is 2.19 bits per heavy atom. The van der Waals surface area contributed by atoms with E-state index in [1.165, 1.54) is 6.20 Å². The molecule has 0 aliphatic carbocycles. The van der Waals surface area contributed by atoms with E-state index in [1.54, 1.807) is 23.5 Å². The third-order valence-electron chi connectivity index (χ3n) is 3.38. The van der Waals surface area contributed by atoms with E-state index in [0.717, 1.165) is 10.7 Å². The molecule has 0 amide bonds. The van der Waals surface area contributed by atoms with Crippen molar-refractivity contribution in [3.63, 3.8) is 0 Å². The SMILES string of the molecule is CCNC(=NCc1cccnc1OCC(F)(F)F)N(C)Cc1csc(C)n1. The number of ether oxygens (including phenoxy) is 1. The average molecular weight is 401 g/mol. The van der Waals surface area contributed by atoms with Crippen molar-refractivity contribution in [3.8, 4) is 5.88 Å². The number of nitrogens with zero attached hydrogens (tertiary/aromatic N) is 4. The minimum absolute atomic E-state index is 0.0628. The van der Waals surface area contributed by atoms with Crippen LogP contribution in [-0.4, -0.2) is 47.2 Å². The Balaban J connectivity index is 2.09. The number of alkyl halides is 3. The lowest BCUT2D eigenvalue weighted by Gasteiger charge is -2.21. The van der Waals surface area contributed by atoms with Crippen LogP contribution in [0, 0.1) is 6.92 Å². The molecule has 148 valence electrons. The van der Waals surface area contributed by atoms with Crippen LogP contribution in [0.1, 0.15) is 23.2 Å². The number of aromatic nitrogens is 2. The maximum absolute atomic E-state index is 12.4. The summed E-state index contributed by atoms with van der Waals surface area (Å²) in [4.78, 5) is 14.7. The lowest BCUT2D eigenvalue weighted by atomic mass is 10.3. The second kappa shape index (κ2) is 9.54. The van der Waals surface area contributed by atoms with Crippen LogP contribution >= 0.6 is 11.3 Å². The molecule has 27 heavy (non-hydrogen) atoms. The van der Waals surface area contributed by atoms with Gasteiger partial charge in [0.1, 0.15) is 0 Å². The van der Waals surface area contributed by atoms with Crippen LogP contribution in [0.5, 0.6) is 5.88 Å². The molecule has 0 aliphatic rings. The molecule has 2 rings (SSSR count). The van der Waals surface area contributed by atoms with Gasteiger partial charge < -0.3 is 15.0 Å². The number of halogens is 3. The molecule has 0 unspecified atom stereocenters. The van der Waals surface area contributed by atoms with Gasteiger partial charge in [0.2, 0.25) is 5.88 Å². The van der Waals surface area contributed by atoms with E-state index in [1.807, 2.05) is 31.2 Å². The summed E-state index contributed by atoms with van der Waals surface area (Å²) < 4.78 is 42.0. The van der Waals surface area contributed by atoms with Crippen molar-refractivity contribution >= 4 is 17.3 Å². The predicted molar refractivity (Wildman–Crippen MR) is 98.9 cm³/mol. The third kappa shape index (κ3) is 7.05. The Morgan fingerprint density at radius 3 is 2.81 bits per heavy atom. The van der Waals surface area contributed by atoms with Crippen LogP contribution in [0.15, 0.2) is 28.7 Å². The number of hydrogen-bond donors (Lipinski definition) is 1. The number of aliphatic imine (C=N–C) groups is 1. The van der Waals surface area contributed by atoms with E-state index in [9.17, 15) is 13.2 Å². The van der Waals surface area contributed by atoms with Gasteiger partial charge >= 0.3 is 6.18 Å². The lowest BCUT2D eigenvalue weighted by Crippen LogP contribution is -2.38. The van der Waals surface area contributed by atoms with Crippen molar-refractivity contribution in [3.05, 3.63) is 40.0 Å². The molecule has 0 atom stereocenters. The fraction of sp³-hybridized carbons (Fsp3) is 0.471. The van der Waals surface area contributed by atoms with Gasteiger partial charge in [0.25, 0.3) is 0 Å². The monoisotopic (exact) mass is 401 g/mol. The molecule has 0 saturated heterocycles. The molecule has 0 aliphatic heterocycles. The quantitative estimate of drug-likeness (QED) is 0.569. The van der Waals surface area contributed by atoms with Gasteiger partial charge in [0.15, 0.2) is 12.6 Å². The van der Waals surface area contributed by atoms with E-state index in [-0.39, 0.29) is 12.4 Å². The van der Waals surface area contributed by atoms with Crippen molar-refractivity contribution in [2.45, 2.75) is 33.1 Å². The summed E-state index contributed by atoms with van der Waals surface area (Å²) in [6.45, 7) is 3.87. The number of aryl methyl sites for hydroxylation is 1. The predicted octanol–water partition coefficient (Wildman–Crippen LogP) is 3.39. The molecule has 2 aromatic rings. The van der Waals surface area contributed by atoms with E-state index >= 15 is 0 Å². The summed E-state index contributed by atoms with van der Waals surface area (Å²) in [6, 6.07) is 3.29. The first-order valence-corrected chi connectivity index (χ1v) is 9.20. The van der Waals surface area contributed by atoms with Crippen LogP contribution in [0.2, 0.25) is 0 Å². The van der Waals surface area contributed by atoms with Gasteiger partial charge in [-0.1, -0.05) is 6.07 Å². The number of hydrogen-bond acceptors (Lipinski definition) is 5. The number of thiazole rings is 1. The zero-order valence-electron chi connectivity index (χ0n) is 15.4. The van der Waals surface area contributed by atoms with Crippen molar-refractivity contribution in [1.29, 1.82) is 0 Å². The fourth-order valence-electron chi connectivity index (χ4n) is 2.25. The minimum atomic E-state index is -4.42. The summed E-state index contributed by atoms with van der Waals surface area (Å²) in [5, 5.41) is 6.14. The summed E-state index contributed by atoms with van der Waals surface area (Å²) in [5.41, 5.74) is 1.41. The van der Waals surface area contributed by atoms with E-state index in [2.05, 4.69) is 20.3 Å². The van der Waals surface area contributed by atoms with E-state index in [0.29, 0.717) is 24.6 Å². The summed E-state index contributed by atoms with van der Waals surface area (Å²) >= 11 is 1.58. The Hall–Kier alpha value is -2.36. The number of guanidine groups is 1. The standard InChI is InChI=1S/C17H22F3N5OS/c1-4-21-16(25(3)9-14-10-27-12(2)24-14)23-8-13-6-5-7-22-15(13)26-11-17(18,19)20/h5-7,10H,4,8-9,11H2,1-3H3,(H,21,23). The number of pyridine rings is 1. The maximum Gasteiger partial charge on any atom is 0.422 e. The number of rotatable bonds is 7. The summed E-state index contributed by atoms with van der Waals surface area (Å²) in [5.74, 6) is 0.556. The first-order valence-electron chi connectivity index (χ1n) is 8.32. The van der Waals surface area contributed by atoms with Crippen LogP contribution in [-0.2, 0) is 13.1 Å². The molecule has 1 N–H and O–H groups in total. The second-order valence-electron chi connectivity index (χ2n) is 5.76. The second-order valence-corrected chi connectivity index (χ2v) is 6.82. The highest BCUT2D eigenvalue weighted by molar-refractivity contribution is 7.09. The zero-order valence-corrected chi connectivity index (χ0v) is 16.2. The highest BCUT2D eigenvalue weighted by atomic mass is 32.1. The molecule has 0 radical (unpaired) electrons. The molecule has 0 aromatic carbocycles. The van der Waals surface area contributed by atoms with E-state index in [4.69, 9.17) is 4.74 Å². The summed E-state index contributed by atoms with van der Waals surface area (Å²) in [7, 11) is 1.88. The third-order valence-corrected chi connectivity index (χ3v) is 4.21. The zero-order chi connectivity index (χ0) is 19.9. The molecule has 2 aromatic heterocycles. The lowest BCUT2D eigenvalue weighted by molar-refractivity contribution is -0.154. The smallest absolute Gasteiger partial charge is 0.422 e. The Morgan fingerprint density at radius 1 is 1.41 bits per heavy atom. The van der Waals surface area contributed by atoms with Gasteiger partial charge in [-0.3, -0.25) is 0 Å².